The molecule has 0 rings (SSSR count). The molecule has 0 aliphatic carbocycles. The summed E-state index contributed by atoms with van der Waals surface area (Å²) in [7, 11) is 0. The SMILES string of the molecule is [Ce].[Fe].[K].[Sr].[W]. The van der Waals surface area contributed by atoms with Crippen molar-refractivity contribution in [3.05, 3.63) is 0 Å². The van der Waals surface area contributed by atoms with Gasteiger partial charge in [0.2, 0.25) is 0 Å². The maximum atomic E-state index is 0. The van der Waals surface area contributed by atoms with Gasteiger partial charge in [-0.2, -0.15) is 0 Å². The smallest absolute Gasteiger partial charge is 0 e. The summed E-state index contributed by atoms with van der Waals surface area (Å²) < 4.78 is 0. The molecular weight excluding hydrogens is 507 g/mol. The quantitative estimate of drug-likeness (QED) is 0.379. The van der Waals surface area contributed by atoms with Crippen LogP contribution in [0.25, 0.3) is 0 Å². The van der Waals surface area contributed by atoms with E-state index in [-0.39, 0.29) is 177 Å². The van der Waals surface area contributed by atoms with E-state index >= 15 is 0 Å². The average molecular weight is 507 g/mol. The normalized spacial score (nSPS) is 0. The van der Waals surface area contributed by atoms with Crippen LogP contribution in [0.1, 0.15) is 0 Å². The van der Waals surface area contributed by atoms with Crippen LogP contribution in [0.3, 0.4) is 0 Å². The molecule has 0 saturated carbocycles. The molecule has 0 heterocycles. The first-order chi connectivity index (χ1) is 0. The van der Waals surface area contributed by atoms with Crippen molar-refractivity contribution < 1.29 is 79.9 Å². The first kappa shape index (κ1) is 31.0. The van der Waals surface area contributed by atoms with Gasteiger partial charge in [0.25, 0.3) is 0 Å². The fourth-order valence-corrected chi connectivity index (χ4v) is 0. The Labute approximate surface area is 171 Å². The Hall–Kier alpha value is 5.70. The van der Waals surface area contributed by atoms with Crippen LogP contribution in [0, 0.1) is 41.7 Å². The summed E-state index contributed by atoms with van der Waals surface area (Å²) in [4.78, 5) is 0. The maximum Gasteiger partial charge on any atom is 0 e. The predicted molar refractivity (Wildman–Crippen MR) is 11.5 cm³/mol. The molecule has 5 heteroatoms. The van der Waals surface area contributed by atoms with Gasteiger partial charge in [0.05, 0.1) is 0 Å². The molecule has 0 aromatic rings. The van der Waals surface area contributed by atoms with E-state index in [1.54, 1.807) is 0 Å². The van der Waals surface area contributed by atoms with Gasteiger partial charge < -0.3 is 0 Å². The van der Waals surface area contributed by atoms with E-state index in [4.69, 9.17) is 0 Å². The van der Waals surface area contributed by atoms with Crippen LogP contribution in [0.15, 0.2) is 0 Å². The number of rotatable bonds is 0. The Bertz CT molecular complexity index is 11.6. The zero-order valence-electron chi connectivity index (χ0n) is 2.97. The van der Waals surface area contributed by atoms with E-state index in [2.05, 4.69) is 0 Å². The minimum atomic E-state index is 0. The molecule has 0 atom stereocenters. The van der Waals surface area contributed by atoms with E-state index in [1.165, 1.54) is 0 Å². The summed E-state index contributed by atoms with van der Waals surface area (Å²) in [5.74, 6) is 0. The third-order valence-corrected chi connectivity index (χ3v) is 0. The van der Waals surface area contributed by atoms with Gasteiger partial charge in [-0.3, -0.25) is 0 Å². The molecule has 0 nitrogen and oxygen atoms in total. The Morgan fingerprint density at radius 3 is 1.00 bits per heavy atom. The molecular formula is CeFeKSrW. The average Bonchev–Trinajstić information content (AvgIpc) is 0. The molecule has 0 fully saturated rings. The molecule has 0 aromatic heterocycles. The maximum absolute atomic E-state index is 0. The molecule has 0 unspecified atom stereocenters. The first-order valence-electron chi connectivity index (χ1n) is 0. The molecule has 3 radical (unpaired) electrons. The van der Waals surface area contributed by atoms with Crippen LogP contribution < -0.4 is 0 Å². The van der Waals surface area contributed by atoms with E-state index < -0.39 is 0 Å². The fourth-order valence-electron chi connectivity index (χ4n) is 0. The Morgan fingerprint density at radius 1 is 1.00 bits per heavy atom. The second-order valence-electron chi connectivity index (χ2n) is 0. The molecule has 0 aromatic carbocycles. The number of hydrogen-bond donors (Lipinski definition) is 0. The van der Waals surface area contributed by atoms with Gasteiger partial charge in [-0.15, -0.1) is 0 Å². The van der Waals surface area contributed by atoms with Crippen molar-refractivity contribution in [1.82, 2.24) is 0 Å². The zero-order valence-corrected chi connectivity index (χ0v) is 16.7. The van der Waals surface area contributed by atoms with Crippen molar-refractivity contribution in [3.63, 3.8) is 0 Å². The summed E-state index contributed by atoms with van der Waals surface area (Å²) >= 11 is 0. The van der Waals surface area contributed by atoms with Crippen molar-refractivity contribution in [3.8, 4) is 0 Å². The van der Waals surface area contributed by atoms with E-state index in [9.17, 15) is 0 Å². The van der Waals surface area contributed by atoms with E-state index in [0.29, 0.717) is 0 Å². The summed E-state index contributed by atoms with van der Waals surface area (Å²) in [6.07, 6.45) is 0. The largest absolute Gasteiger partial charge is 0 e. The third-order valence-electron chi connectivity index (χ3n) is 0. The van der Waals surface area contributed by atoms with Crippen LogP contribution in [0.5, 0.6) is 0 Å². The van der Waals surface area contributed by atoms with Crippen molar-refractivity contribution in [2.75, 3.05) is 0 Å². The van der Waals surface area contributed by atoms with Crippen molar-refractivity contribution in [1.29, 1.82) is 0 Å². The van der Waals surface area contributed by atoms with Crippen LogP contribution in [-0.4, -0.2) is 96.9 Å². The molecule has 5 heavy (non-hydrogen) atoms. The van der Waals surface area contributed by atoms with Gasteiger partial charge in [-0.05, 0) is 0 Å². The summed E-state index contributed by atoms with van der Waals surface area (Å²) in [6, 6.07) is 0. The minimum Gasteiger partial charge on any atom is 0 e. The zero-order chi connectivity index (χ0) is 0. The molecule has 0 saturated heterocycles. The molecule has 0 amide bonds. The molecule has 0 aliphatic heterocycles. The Morgan fingerprint density at radius 2 is 1.00 bits per heavy atom. The second kappa shape index (κ2) is 22.6. The summed E-state index contributed by atoms with van der Waals surface area (Å²) in [5, 5.41) is 0. The number of hydrogen-bond acceptors (Lipinski definition) is 0. The van der Waals surface area contributed by atoms with Gasteiger partial charge in [-0.1, -0.05) is 0 Å². The Kier molecular flexibility index (Phi) is 140. The molecule has 0 aliphatic rings. The first-order valence-corrected chi connectivity index (χ1v) is 0. The van der Waals surface area contributed by atoms with E-state index in [1.807, 2.05) is 0 Å². The molecule has 0 bridgehead atoms. The van der Waals surface area contributed by atoms with Crippen molar-refractivity contribution in [2.45, 2.75) is 0 Å². The minimum absolute atomic E-state index is 0. The summed E-state index contributed by atoms with van der Waals surface area (Å²) in [5.41, 5.74) is 0. The third kappa shape index (κ3) is 17.7. The Balaban J connectivity index is 0. The molecule has 0 spiro atoms. The predicted octanol–water partition coefficient (Wildman–Crippen LogP) is -0.767. The van der Waals surface area contributed by atoms with Crippen LogP contribution in [0.4, 0.5) is 0 Å². The topological polar surface area (TPSA) is 0 Å². The second-order valence-corrected chi connectivity index (χ2v) is 0. The van der Waals surface area contributed by atoms with Gasteiger partial charge in [0.1, 0.15) is 0 Å². The standard InChI is InChI=1S/Ce.Fe.K.Sr.W. The van der Waals surface area contributed by atoms with Gasteiger partial charge in [-0.25, -0.2) is 0 Å². The van der Waals surface area contributed by atoms with Crippen molar-refractivity contribution >= 4 is 96.9 Å². The molecule has 0 N–H and O–H groups in total. The monoisotopic (exact) mass is 507 g/mol. The van der Waals surface area contributed by atoms with Crippen LogP contribution in [-0.2, 0) is 38.1 Å². The molecule has 21 valence electrons. The van der Waals surface area contributed by atoms with Crippen molar-refractivity contribution in [2.24, 2.45) is 0 Å². The van der Waals surface area contributed by atoms with Gasteiger partial charge in [0, 0.05) is 177 Å². The van der Waals surface area contributed by atoms with Gasteiger partial charge in [0.15, 0.2) is 0 Å². The van der Waals surface area contributed by atoms with E-state index in [0.717, 1.165) is 0 Å². The van der Waals surface area contributed by atoms with Crippen LogP contribution >= 0.6 is 0 Å². The van der Waals surface area contributed by atoms with Crippen LogP contribution in [0.2, 0.25) is 0 Å². The fraction of sp³-hybridized carbons (Fsp3) is 0. The summed E-state index contributed by atoms with van der Waals surface area (Å²) in [6.45, 7) is 0. The van der Waals surface area contributed by atoms with Gasteiger partial charge >= 0.3 is 0 Å².